The fourth-order valence-corrected chi connectivity index (χ4v) is 5.23. The van der Waals surface area contributed by atoms with Gasteiger partial charge in [0.25, 0.3) is 0 Å². The highest BCUT2D eigenvalue weighted by atomic mass is 32.2. The van der Waals surface area contributed by atoms with Crippen LogP contribution in [-0.2, 0) is 0 Å². The van der Waals surface area contributed by atoms with Crippen molar-refractivity contribution in [3.63, 3.8) is 0 Å². The molecule has 1 aliphatic heterocycles. The molecule has 1 N–H and O–H groups in total. The summed E-state index contributed by atoms with van der Waals surface area (Å²) < 4.78 is 10.6. The van der Waals surface area contributed by atoms with Gasteiger partial charge in [-0.2, -0.15) is 23.5 Å². The maximum Gasteiger partial charge on any atom is 0.128 e. The molecule has 1 saturated heterocycles. The SMILES string of the molecule is COc1ccc(C(O)C2CSC(C)C(C)S2)c(OC)c1. The second-order valence-corrected chi connectivity index (χ2v) is 8.00. The van der Waals surface area contributed by atoms with Crippen LogP contribution in [0.3, 0.4) is 0 Å². The molecule has 1 fully saturated rings. The number of rotatable bonds is 4. The minimum absolute atomic E-state index is 0.202. The molecule has 0 spiro atoms. The van der Waals surface area contributed by atoms with Gasteiger partial charge in [-0.3, -0.25) is 0 Å². The Morgan fingerprint density at radius 1 is 1.20 bits per heavy atom. The van der Waals surface area contributed by atoms with E-state index in [1.165, 1.54) is 0 Å². The van der Waals surface area contributed by atoms with Crippen LogP contribution in [0.4, 0.5) is 0 Å². The molecule has 2 rings (SSSR count). The first-order chi connectivity index (χ1) is 9.56. The number of thioether (sulfide) groups is 2. The maximum absolute atomic E-state index is 10.7. The number of methoxy groups -OCH3 is 2. The lowest BCUT2D eigenvalue weighted by molar-refractivity contribution is 0.175. The summed E-state index contributed by atoms with van der Waals surface area (Å²) in [4.78, 5) is 0. The van der Waals surface area contributed by atoms with E-state index in [-0.39, 0.29) is 5.25 Å². The number of ether oxygens (including phenoxy) is 2. The molecule has 1 heterocycles. The summed E-state index contributed by atoms with van der Waals surface area (Å²) in [5, 5.41) is 12.1. The third kappa shape index (κ3) is 3.38. The van der Waals surface area contributed by atoms with E-state index in [4.69, 9.17) is 9.47 Å². The second-order valence-electron chi connectivity index (χ2n) is 4.97. The van der Waals surface area contributed by atoms with Crippen LogP contribution in [0.2, 0.25) is 0 Å². The Kier molecular flexibility index (Phi) is 5.52. The number of aliphatic hydroxyl groups excluding tert-OH is 1. The van der Waals surface area contributed by atoms with Gasteiger partial charge in [0, 0.05) is 33.1 Å². The Labute approximate surface area is 129 Å². The van der Waals surface area contributed by atoms with E-state index in [0.717, 1.165) is 17.1 Å². The van der Waals surface area contributed by atoms with Gasteiger partial charge >= 0.3 is 0 Å². The summed E-state index contributed by atoms with van der Waals surface area (Å²) in [5.41, 5.74) is 0.841. The van der Waals surface area contributed by atoms with Crippen LogP contribution in [0.5, 0.6) is 11.5 Å². The van der Waals surface area contributed by atoms with E-state index in [9.17, 15) is 5.11 Å². The molecule has 1 aromatic rings. The van der Waals surface area contributed by atoms with Gasteiger partial charge in [0.15, 0.2) is 0 Å². The summed E-state index contributed by atoms with van der Waals surface area (Å²) in [6.45, 7) is 4.48. The van der Waals surface area contributed by atoms with Crippen LogP contribution >= 0.6 is 23.5 Å². The molecule has 0 radical (unpaired) electrons. The molecule has 4 unspecified atom stereocenters. The lowest BCUT2D eigenvalue weighted by Crippen LogP contribution is -2.30. The van der Waals surface area contributed by atoms with Crippen LogP contribution in [0, 0.1) is 0 Å². The van der Waals surface area contributed by atoms with E-state index < -0.39 is 6.10 Å². The molecular formula is C15H22O3S2. The quantitative estimate of drug-likeness (QED) is 0.922. The average molecular weight is 314 g/mol. The summed E-state index contributed by atoms with van der Waals surface area (Å²) >= 11 is 3.80. The molecule has 20 heavy (non-hydrogen) atoms. The van der Waals surface area contributed by atoms with Gasteiger partial charge in [-0.1, -0.05) is 13.8 Å². The van der Waals surface area contributed by atoms with Crippen molar-refractivity contribution in [2.24, 2.45) is 0 Å². The van der Waals surface area contributed by atoms with E-state index >= 15 is 0 Å². The maximum atomic E-state index is 10.7. The average Bonchev–Trinajstić information content (AvgIpc) is 2.48. The zero-order valence-corrected chi connectivity index (χ0v) is 14.0. The van der Waals surface area contributed by atoms with E-state index in [1.54, 1.807) is 14.2 Å². The Bertz CT molecular complexity index is 453. The predicted octanol–water partition coefficient (Wildman–Crippen LogP) is 3.36. The monoisotopic (exact) mass is 314 g/mol. The largest absolute Gasteiger partial charge is 0.497 e. The highest BCUT2D eigenvalue weighted by Gasteiger charge is 2.32. The van der Waals surface area contributed by atoms with Crippen molar-refractivity contribution in [3.8, 4) is 11.5 Å². The van der Waals surface area contributed by atoms with Gasteiger partial charge in [-0.25, -0.2) is 0 Å². The van der Waals surface area contributed by atoms with Crippen molar-refractivity contribution >= 4 is 23.5 Å². The van der Waals surface area contributed by atoms with E-state index in [1.807, 2.05) is 41.7 Å². The lowest BCUT2D eigenvalue weighted by atomic mass is 10.1. The van der Waals surface area contributed by atoms with Crippen LogP contribution in [-0.4, -0.2) is 40.8 Å². The number of hydrogen-bond donors (Lipinski definition) is 1. The van der Waals surface area contributed by atoms with Crippen LogP contribution < -0.4 is 9.47 Å². The van der Waals surface area contributed by atoms with Gasteiger partial charge < -0.3 is 14.6 Å². The van der Waals surface area contributed by atoms with Gasteiger partial charge in [-0.05, 0) is 12.1 Å². The lowest BCUT2D eigenvalue weighted by Gasteiger charge is -2.34. The Morgan fingerprint density at radius 2 is 1.95 bits per heavy atom. The summed E-state index contributed by atoms with van der Waals surface area (Å²) in [5.74, 6) is 2.39. The molecule has 3 nitrogen and oxygen atoms in total. The first-order valence-electron chi connectivity index (χ1n) is 6.74. The Hall–Kier alpha value is -0.520. The molecule has 4 atom stereocenters. The minimum atomic E-state index is -0.511. The van der Waals surface area contributed by atoms with Crippen LogP contribution in [0.25, 0.3) is 0 Å². The summed E-state index contributed by atoms with van der Waals surface area (Å²) in [7, 11) is 3.25. The minimum Gasteiger partial charge on any atom is -0.497 e. The van der Waals surface area contributed by atoms with Gasteiger partial charge in [0.2, 0.25) is 0 Å². The molecule has 5 heteroatoms. The smallest absolute Gasteiger partial charge is 0.128 e. The highest BCUT2D eigenvalue weighted by molar-refractivity contribution is 8.07. The third-order valence-corrected chi connectivity index (χ3v) is 7.17. The zero-order valence-electron chi connectivity index (χ0n) is 12.3. The topological polar surface area (TPSA) is 38.7 Å². The van der Waals surface area contributed by atoms with Gasteiger partial charge in [0.1, 0.15) is 11.5 Å². The molecule has 0 bridgehead atoms. The van der Waals surface area contributed by atoms with E-state index in [2.05, 4.69) is 13.8 Å². The number of benzene rings is 1. The summed E-state index contributed by atoms with van der Waals surface area (Å²) in [6, 6.07) is 5.59. The Balaban J connectivity index is 2.18. The molecular weight excluding hydrogens is 292 g/mol. The van der Waals surface area contributed by atoms with Crippen molar-refractivity contribution in [2.45, 2.75) is 35.7 Å². The van der Waals surface area contributed by atoms with Crippen molar-refractivity contribution in [1.29, 1.82) is 0 Å². The molecule has 0 aliphatic carbocycles. The number of aliphatic hydroxyl groups is 1. The number of hydrogen-bond acceptors (Lipinski definition) is 5. The van der Waals surface area contributed by atoms with E-state index in [0.29, 0.717) is 16.2 Å². The van der Waals surface area contributed by atoms with Crippen molar-refractivity contribution in [3.05, 3.63) is 23.8 Å². The first-order valence-corrected chi connectivity index (χ1v) is 8.73. The fourth-order valence-electron chi connectivity index (χ4n) is 2.24. The molecule has 0 aromatic heterocycles. The van der Waals surface area contributed by atoms with Gasteiger partial charge in [-0.15, -0.1) is 0 Å². The summed E-state index contributed by atoms with van der Waals surface area (Å²) in [6.07, 6.45) is -0.511. The van der Waals surface area contributed by atoms with Gasteiger partial charge in [0.05, 0.1) is 20.3 Å². The van der Waals surface area contributed by atoms with Crippen molar-refractivity contribution < 1.29 is 14.6 Å². The zero-order chi connectivity index (χ0) is 14.7. The standard InChI is InChI=1S/C15H22O3S2/c1-9-10(2)20-14(8-19-9)15(16)12-6-5-11(17-3)7-13(12)18-4/h5-7,9-10,14-16H,8H2,1-4H3. The molecule has 0 amide bonds. The second kappa shape index (κ2) is 6.96. The highest BCUT2D eigenvalue weighted by Crippen LogP contribution is 2.43. The third-order valence-electron chi connectivity index (χ3n) is 3.69. The molecule has 0 saturated carbocycles. The normalized spacial score (nSPS) is 27.9. The predicted molar refractivity (Wildman–Crippen MR) is 87.3 cm³/mol. The molecule has 1 aliphatic rings. The van der Waals surface area contributed by atoms with Crippen molar-refractivity contribution in [1.82, 2.24) is 0 Å². The fraction of sp³-hybridized carbons (Fsp3) is 0.600. The van der Waals surface area contributed by atoms with Crippen LogP contribution in [0.1, 0.15) is 25.5 Å². The Morgan fingerprint density at radius 3 is 2.55 bits per heavy atom. The first kappa shape index (κ1) is 15.9. The molecule has 112 valence electrons. The molecule has 1 aromatic carbocycles. The van der Waals surface area contributed by atoms with Crippen molar-refractivity contribution in [2.75, 3.05) is 20.0 Å². The van der Waals surface area contributed by atoms with Crippen LogP contribution in [0.15, 0.2) is 18.2 Å².